The average molecular weight is 197 g/mol. The highest BCUT2D eigenvalue weighted by Crippen LogP contribution is 2.13. The van der Waals surface area contributed by atoms with Gasteiger partial charge in [-0.15, -0.1) is 11.3 Å². The van der Waals surface area contributed by atoms with Gasteiger partial charge in [0.1, 0.15) is 0 Å². The highest BCUT2D eigenvalue weighted by Gasteiger charge is 2.10. The van der Waals surface area contributed by atoms with E-state index in [1.54, 1.807) is 11.3 Å². The van der Waals surface area contributed by atoms with Crippen LogP contribution in [-0.2, 0) is 6.42 Å². The number of aryl methyl sites for hydroxylation is 1. The molecule has 1 atom stereocenters. The van der Waals surface area contributed by atoms with Crippen molar-refractivity contribution >= 4 is 11.3 Å². The van der Waals surface area contributed by atoms with Gasteiger partial charge in [-0.1, -0.05) is 12.2 Å². The van der Waals surface area contributed by atoms with Crippen LogP contribution in [0.15, 0.2) is 17.5 Å². The lowest BCUT2D eigenvalue weighted by Gasteiger charge is -2.13. The largest absolute Gasteiger partial charge is 0.271 e. The van der Waals surface area contributed by atoms with Crippen LogP contribution in [0.25, 0.3) is 0 Å². The molecule has 0 saturated carbocycles. The van der Waals surface area contributed by atoms with Crippen molar-refractivity contribution in [2.45, 2.75) is 26.3 Å². The molecule has 1 aromatic rings. The molecule has 0 radical (unpaired) electrons. The van der Waals surface area contributed by atoms with Gasteiger partial charge in [0, 0.05) is 23.5 Å². The maximum Gasteiger partial charge on any atom is 0.0947 e. The first kappa shape index (κ1) is 10.4. The van der Waals surface area contributed by atoms with Crippen LogP contribution < -0.4 is 11.3 Å². The number of hydrogen-bond donors (Lipinski definition) is 2. The zero-order valence-corrected chi connectivity index (χ0v) is 8.82. The lowest BCUT2D eigenvalue weighted by atomic mass is 10.1. The summed E-state index contributed by atoms with van der Waals surface area (Å²) < 4.78 is 0. The lowest BCUT2D eigenvalue weighted by molar-refractivity contribution is 0.589. The highest BCUT2D eigenvalue weighted by atomic mass is 32.1. The standard InChI is InChI=1S/C9H15N3S/c1-6(2)8(12-10)4-9-11-7(3)5-13-9/h5,8,12H,1,4,10H2,2-3H3. The molecular weight excluding hydrogens is 182 g/mol. The molecule has 4 heteroatoms. The zero-order valence-electron chi connectivity index (χ0n) is 8.00. The van der Waals surface area contributed by atoms with E-state index >= 15 is 0 Å². The molecule has 0 aliphatic rings. The Labute approximate surface area is 82.7 Å². The van der Waals surface area contributed by atoms with Gasteiger partial charge in [0.25, 0.3) is 0 Å². The minimum Gasteiger partial charge on any atom is -0.271 e. The summed E-state index contributed by atoms with van der Waals surface area (Å²) in [5.41, 5.74) is 4.83. The second kappa shape index (κ2) is 4.50. The predicted octanol–water partition coefficient (Wildman–Crippen LogP) is 1.40. The average Bonchev–Trinajstić information content (AvgIpc) is 2.46. The first-order valence-corrected chi connectivity index (χ1v) is 5.04. The Morgan fingerprint density at radius 1 is 1.85 bits per heavy atom. The van der Waals surface area contributed by atoms with Crippen molar-refractivity contribution in [1.82, 2.24) is 10.4 Å². The minimum atomic E-state index is 0.130. The van der Waals surface area contributed by atoms with Crippen molar-refractivity contribution in [2.75, 3.05) is 0 Å². The highest BCUT2D eigenvalue weighted by molar-refractivity contribution is 7.09. The van der Waals surface area contributed by atoms with E-state index < -0.39 is 0 Å². The quantitative estimate of drug-likeness (QED) is 0.436. The Bertz CT molecular complexity index is 293. The smallest absolute Gasteiger partial charge is 0.0947 e. The van der Waals surface area contributed by atoms with E-state index in [9.17, 15) is 0 Å². The molecule has 3 nitrogen and oxygen atoms in total. The fourth-order valence-electron chi connectivity index (χ4n) is 1.05. The molecule has 0 amide bonds. The van der Waals surface area contributed by atoms with Crippen LogP contribution in [-0.4, -0.2) is 11.0 Å². The van der Waals surface area contributed by atoms with Gasteiger partial charge in [-0.05, 0) is 13.8 Å². The molecule has 1 rings (SSSR count). The first-order valence-electron chi connectivity index (χ1n) is 4.16. The molecule has 0 aliphatic heterocycles. The van der Waals surface area contributed by atoms with E-state index in [1.807, 2.05) is 19.2 Å². The summed E-state index contributed by atoms with van der Waals surface area (Å²) in [6.45, 7) is 7.82. The van der Waals surface area contributed by atoms with Crippen molar-refractivity contribution in [3.05, 3.63) is 28.2 Å². The molecule has 0 saturated heterocycles. The van der Waals surface area contributed by atoms with Crippen LogP contribution in [0.5, 0.6) is 0 Å². The van der Waals surface area contributed by atoms with Gasteiger partial charge in [-0.3, -0.25) is 11.3 Å². The summed E-state index contributed by atoms with van der Waals surface area (Å²) in [5, 5.41) is 3.14. The molecule has 0 aromatic carbocycles. The predicted molar refractivity (Wildman–Crippen MR) is 56.5 cm³/mol. The SMILES string of the molecule is C=C(C)C(Cc1nc(C)cs1)NN. The second-order valence-electron chi connectivity index (χ2n) is 3.15. The normalized spacial score (nSPS) is 12.8. The summed E-state index contributed by atoms with van der Waals surface area (Å²) in [4.78, 5) is 4.36. The fraction of sp³-hybridized carbons (Fsp3) is 0.444. The summed E-state index contributed by atoms with van der Waals surface area (Å²) in [7, 11) is 0. The van der Waals surface area contributed by atoms with Gasteiger partial charge in [-0.2, -0.15) is 0 Å². The Morgan fingerprint density at radius 2 is 2.54 bits per heavy atom. The maximum atomic E-state index is 5.39. The maximum absolute atomic E-state index is 5.39. The van der Waals surface area contributed by atoms with Crippen LogP contribution in [0.3, 0.4) is 0 Å². The summed E-state index contributed by atoms with van der Waals surface area (Å²) in [6, 6.07) is 0.130. The molecule has 0 aliphatic carbocycles. The van der Waals surface area contributed by atoms with Crippen molar-refractivity contribution in [2.24, 2.45) is 5.84 Å². The number of thiazole rings is 1. The third-order valence-electron chi connectivity index (χ3n) is 1.84. The van der Waals surface area contributed by atoms with Crippen molar-refractivity contribution in [3.8, 4) is 0 Å². The van der Waals surface area contributed by atoms with E-state index in [0.717, 1.165) is 22.7 Å². The number of aromatic nitrogens is 1. The third kappa shape index (κ3) is 2.91. The van der Waals surface area contributed by atoms with E-state index in [0.29, 0.717) is 0 Å². The van der Waals surface area contributed by atoms with Crippen LogP contribution >= 0.6 is 11.3 Å². The molecule has 0 spiro atoms. The number of nitrogens with zero attached hydrogens (tertiary/aromatic N) is 1. The summed E-state index contributed by atoms with van der Waals surface area (Å²) >= 11 is 1.66. The van der Waals surface area contributed by atoms with Crippen molar-refractivity contribution in [3.63, 3.8) is 0 Å². The van der Waals surface area contributed by atoms with Crippen molar-refractivity contribution in [1.29, 1.82) is 0 Å². The monoisotopic (exact) mass is 197 g/mol. The van der Waals surface area contributed by atoms with Gasteiger partial charge in [0.05, 0.1) is 5.01 Å². The van der Waals surface area contributed by atoms with Gasteiger partial charge in [0.15, 0.2) is 0 Å². The fourth-order valence-corrected chi connectivity index (χ4v) is 1.87. The number of nitrogens with two attached hydrogens (primary N) is 1. The summed E-state index contributed by atoms with van der Waals surface area (Å²) in [5.74, 6) is 5.39. The number of rotatable bonds is 4. The Balaban J connectivity index is 2.61. The third-order valence-corrected chi connectivity index (χ3v) is 2.83. The van der Waals surface area contributed by atoms with Crippen molar-refractivity contribution < 1.29 is 0 Å². The first-order chi connectivity index (χ1) is 6.13. The molecule has 72 valence electrons. The topological polar surface area (TPSA) is 50.9 Å². The zero-order chi connectivity index (χ0) is 9.84. The molecule has 13 heavy (non-hydrogen) atoms. The molecule has 3 N–H and O–H groups in total. The van der Waals surface area contributed by atoms with E-state index in [2.05, 4.69) is 17.0 Å². The molecule has 0 fully saturated rings. The number of hydrogen-bond acceptors (Lipinski definition) is 4. The van der Waals surface area contributed by atoms with Crippen LogP contribution in [0.1, 0.15) is 17.6 Å². The summed E-state index contributed by atoms with van der Waals surface area (Å²) in [6.07, 6.45) is 0.824. The minimum absolute atomic E-state index is 0.130. The molecule has 0 bridgehead atoms. The molecular formula is C9H15N3S. The van der Waals surface area contributed by atoms with Crippen LogP contribution in [0.4, 0.5) is 0 Å². The van der Waals surface area contributed by atoms with Gasteiger partial charge in [-0.25, -0.2) is 4.98 Å². The Kier molecular flexibility index (Phi) is 3.59. The number of hydrazine groups is 1. The van der Waals surface area contributed by atoms with Crippen LogP contribution in [0.2, 0.25) is 0 Å². The van der Waals surface area contributed by atoms with E-state index in [-0.39, 0.29) is 6.04 Å². The van der Waals surface area contributed by atoms with Gasteiger partial charge < -0.3 is 0 Å². The lowest BCUT2D eigenvalue weighted by Crippen LogP contribution is -2.37. The van der Waals surface area contributed by atoms with E-state index in [4.69, 9.17) is 5.84 Å². The second-order valence-corrected chi connectivity index (χ2v) is 4.10. The molecule has 1 unspecified atom stereocenters. The molecule has 1 aromatic heterocycles. The molecule has 1 heterocycles. The van der Waals surface area contributed by atoms with Gasteiger partial charge >= 0.3 is 0 Å². The van der Waals surface area contributed by atoms with Gasteiger partial charge in [0.2, 0.25) is 0 Å². The van der Waals surface area contributed by atoms with Crippen LogP contribution in [0, 0.1) is 6.92 Å². The Morgan fingerprint density at radius 3 is 2.92 bits per heavy atom. The Hall–Kier alpha value is -0.710. The van der Waals surface area contributed by atoms with E-state index in [1.165, 1.54) is 0 Å². The number of nitrogens with one attached hydrogen (secondary N) is 1.